The van der Waals surface area contributed by atoms with Crippen LogP contribution in [0.4, 0.5) is 0 Å². The van der Waals surface area contributed by atoms with E-state index in [1.54, 1.807) is 0 Å². The SMILES string of the molecule is CC(C)CCC(COC(=O)CCCCCCCCCC(CCCCCCCCCC(=O)OCC(CCC(C)C)C(C)C)OC(=O)CN(C)CCN(C)C)C(C)C. The van der Waals surface area contributed by atoms with E-state index in [9.17, 15) is 14.4 Å². The summed E-state index contributed by atoms with van der Waals surface area (Å²) in [6.07, 6.45) is 22.9. The maximum Gasteiger partial charge on any atom is 0.320 e. The summed E-state index contributed by atoms with van der Waals surface area (Å²) in [5.74, 6) is 3.16. The Labute approximate surface area is 347 Å². The monoisotopic (exact) mass is 795 g/mol. The van der Waals surface area contributed by atoms with Crippen LogP contribution in [0, 0.1) is 35.5 Å². The van der Waals surface area contributed by atoms with Gasteiger partial charge in [-0.3, -0.25) is 19.3 Å². The van der Waals surface area contributed by atoms with Crippen molar-refractivity contribution in [2.45, 2.75) is 203 Å². The van der Waals surface area contributed by atoms with Crippen molar-refractivity contribution in [2.75, 3.05) is 54.0 Å². The lowest BCUT2D eigenvalue weighted by molar-refractivity contribution is -0.151. The number of unbranched alkanes of at least 4 members (excludes halogenated alkanes) is 12. The van der Waals surface area contributed by atoms with Gasteiger partial charge >= 0.3 is 17.9 Å². The molecule has 0 N–H and O–H groups in total. The molecule has 332 valence electrons. The molecular weight excluding hydrogens is 701 g/mol. The van der Waals surface area contributed by atoms with Gasteiger partial charge in [-0.15, -0.1) is 0 Å². The van der Waals surface area contributed by atoms with Gasteiger partial charge in [0.2, 0.25) is 0 Å². The highest BCUT2D eigenvalue weighted by atomic mass is 16.5. The number of hydrogen-bond donors (Lipinski definition) is 0. The van der Waals surface area contributed by atoms with Gasteiger partial charge in [0.05, 0.1) is 19.8 Å². The van der Waals surface area contributed by atoms with Gasteiger partial charge in [-0.2, -0.15) is 0 Å². The van der Waals surface area contributed by atoms with E-state index >= 15 is 0 Å². The number of likely N-dealkylation sites (N-methyl/N-ethyl adjacent to an activating group) is 2. The number of hydrogen-bond acceptors (Lipinski definition) is 8. The smallest absolute Gasteiger partial charge is 0.320 e. The third-order valence-corrected chi connectivity index (χ3v) is 11.5. The Morgan fingerprint density at radius 1 is 0.446 bits per heavy atom. The lowest BCUT2D eigenvalue weighted by Gasteiger charge is -2.22. The van der Waals surface area contributed by atoms with Crippen LogP contribution < -0.4 is 0 Å². The van der Waals surface area contributed by atoms with Crippen molar-refractivity contribution in [2.24, 2.45) is 35.5 Å². The second-order valence-corrected chi connectivity index (χ2v) is 19.0. The van der Waals surface area contributed by atoms with Gasteiger partial charge in [0, 0.05) is 25.9 Å². The highest BCUT2D eigenvalue weighted by Gasteiger charge is 2.19. The molecule has 0 aliphatic carbocycles. The van der Waals surface area contributed by atoms with Crippen LogP contribution in [0.1, 0.15) is 197 Å². The number of rotatable bonds is 38. The number of carbonyl (C=O) groups excluding carboxylic acids is 3. The summed E-state index contributed by atoms with van der Waals surface area (Å²) in [6.45, 7) is 21.1. The lowest BCUT2D eigenvalue weighted by Crippen LogP contribution is -2.34. The number of nitrogens with zero attached hydrogens (tertiary/aromatic N) is 2. The van der Waals surface area contributed by atoms with E-state index in [0.29, 0.717) is 68.1 Å². The van der Waals surface area contributed by atoms with E-state index in [0.717, 1.165) is 103 Å². The molecule has 0 spiro atoms. The van der Waals surface area contributed by atoms with Gasteiger partial charge in [0.1, 0.15) is 6.10 Å². The van der Waals surface area contributed by atoms with Crippen LogP contribution >= 0.6 is 0 Å². The molecule has 0 aromatic heterocycles. The molecule has 0 aliphatic heterocycles. The maximum atomic E-state index is 12.8. The molecule has 0 aromatic carbocycles. The molecule has 0 heterocycles. The third-order valence-electron chi connectivity index (χ3n) is 11.5. The zero-order valence-corrected chi connectivity index (χ0v) is 39.0. The van der Waals surface area contributed by atoms with Gasteiger partial charge in [0.15, 0.2) is 0 Å². The minimum absolute atomic E-state index is 0.0110. The summed E-state index contributed by atoms with van der Waals surface area (Å²) in [5.41, 5.74) is 0. The van der Waals surface area contributed by atoms with Crippen LogP contribution in [0.5, 0.6) is 0 Å². The first-order chi connectivity index (χ1) is 26.6. The normalized spacial score (nSPS) is 13.7. The summed E-state index contributed by atoms with van der Waals surface area (Å²) >= 11 is 0. The molecule has 0 aromatic rings. The molecule has 8 heteroatoms. The fourth-order valence-corrected chi connectivity index (χ4v) is 7.06. The third kappa shape index (κ3) is 34.4. The van der Waals surface area contributed by atoms with Gasteiger partial charge in [-0.1, -0.05) is 132 Å². The lowest BCUT2D eigenvalue weighted by atomic mass is 9.89. The summed E-state index contributed by atoms with van der Waals surface area (Å²) < 4.78 is 17.4. The van der Waals surface area contributed by atoms with Crippen LogP contribution in [0.25, 0.3) is 0 Å². The van der Waals surface area contributed by atoms with Crippen LogP contribution in [0.15, 0.2) is 0 Å². The average Bonchev–Trinajstić information content (AvgIpc) is 3.11. The van der Waals surface area contributed by atoms with E-state index in [1.807, 2.05) is 26.0 Å². The van der Waals surface area contributed by atoms with Crippen LogP contribution in [-0.4, -0.2) is 87.8 Å². The highest BCUT2D eigenvalue weighted by molar-refractivity contribution is 5.71. The number of ether oxygens (including phenoxy) is 3. The van der Waals surface area contributed by atoms with E-state index in [1.165, 1.54) is 38.5 Å². The molecule has 0 amide bonds. The molecule has 0 bridgehead atoms. The molecule has 0 radical (unpaired) electrons. The molecular formula is C48H94N2O6. The van der Waals surface area contributed by atoms with Crippen molar-refractivity contribution in [3.05, 3.63) is 0 Å². The first-order valence-electron chi connectivity index (χ1n) is 23.4. The molecule has 0 fully saturated rings. The van der Waals surface area contributed by atoms with Crippen molar-refractivity contribution in [3.8, 4) is 0 Å². The molecule has 0 saturated heterocycles. The molecule has 2 atom stereocenters. The molecule has 56 heavy (non-hydrogen) atoms. The Morgan fingerprint density at radius 2 is 0.821 bits per heavy atom. The fourth-order valence-electron chi connectivity index (χ4n) is 7.06. The Bertz CT molecular complexity index is 894. The fraction of sp³-hybridized carbons (Fsp3) is 0.938. The zero-order valence-electron chi connectivity index (χ0n) is 39.0. The zero-order chi connectivity index (χ0) is 42.1. The predicted octanol–water partition coefficient (Wildman–Crippen LogP) is 11.9. The van der Waals surface area contributed by atoms with Crippen LogP contribution in [0.2, 0.25) is 0 Å². The highest BCUT2D eigenvalue weighted by Crippen LogP contribution is 2.23. The largest absolute Gasteiger partial charge is 0.465 e. The standard InChI is InChI=1S/C48H94N2O6/c1-39(2)30-32-43(41(5)6)37-54-46(51)28-24-20-16-12-14-18-22-26-45(56-48(53)36-50(11)35-34-49(9)10)27-23-19-15-13-17-21-25-29-47(52)55-38-44(42(7)8)33-31-40(3)4/h39-45H,12-38H2,1-11H3. The summed E-state index contributed by atoms with van der Waals surface area (Å²) in [4.78, 5) is 41.7. The Balaban J connectivity index is 4.37. The van der Waals surface area contributed by atoms with Crippen molar-refractivity contribution in [3.63, 3.8) is 0 Å². The molecule has 0 rings (SSSR count). The van der Waals surface area contributed by atoms with Gasteiger partial charge in [0.25, 0.3) is 0 Å². The first-order valence-corrected chi connectivity index (χ1v) is 23.4. The van der Waals surface area contributed by atoms with Gasteiger partial charge in [-0.25, -0.2) is 0 Å². The van der Waals surface area contributed by atoms with Gasteiger partial charge in [-0.05, 0) is 108 Å². The molecule has 8 nitrogen and oxygen atoms in total. The van der Waals surface area contributed by atoms with E-state index in [-0.39, 0.29) is 24.0 Å². The Kier molecular flexibility index (Phi) is 34.2. The summed E-state index contributed by atoms with van der Waals surface area (Å²) in [7, 11) is 6.08. The minimum atomic E-state index is -0.112. The van der Waals surface area contributed by atoms with Crippen LogP contribution in [-0.2, 0) is 28.6 Å². The van der Waals surface area contributed by atoms with Crippen LogP contribution in [0.3, 0.4) is 0 Å². The van der Waals surface area contributed by atoms with Crippen molar-refractivity contribution in [1.82, 2.24) is 9.80 Å². The van der Waals surface area contributed by atoms with E-state index in [2.05, 4.69) is 60.3 Å². The minimum Gasteiger partial charge on any atom is -0.465 e. The number of esters is 3. The van der Waals surface area contributed by atoms with E-state index < -0.39 is 0 Å². The topological polar surface area (TPSA) is 85.4 Å². The van der Waals surface area contributed by atoms with Crippen molar-refractivity contribution in [1.29, 1.82) is 0 Å². The Hall–Kier alpha value is -1.67. The quantitative estimate of drug-likeness (QED) is 0.0347. The van der Waals surface area contributed by atoms with E-state index in [4.69, 9.17) is 14.2 Å². The molecule has 0 aliphatic rings. The second-order valence-electron chi connectivity index (χ2n) is 19.0. The Morgan fingerprint density at radius 3 is 1.18 bits per heavy atom. The maximum absolute atomic E-state index is 12.8. The molecule has 2 unspecified atom stereocenters. The predicted molar refractivity (Wildman–Crippen MR) is 236 cm³/mol. The summed E-state index contributed by atoms with van der Waals surface area (Å²) in [5, 5.41) is 0. The van der Waals surface area contributed by atoms with Crippen molar-refractivity contribution >= 4 is 17.9 Å². The van der Waals surface area contributed by atoms with Crippen molar-refractivity contribution < 1.29 is 28.6 Å². The second kappa shape index (κ2) is 35.3. The number of carbonyl (C=O) groups is 3. The summed E-state index contributed by atoms with van der Waals surface area (Å²) in [6, 6.07) is 0. The average molecular weight is 795 g/mol. The molecule has 0 saturated carbocycles. The van der Waals surface area contributed by atoms with Gasteiger partial charge < -0.3 is 19.1 Å². The first kappa shape index (κ1) is 54.3.